The Kier molecular flexibility index (Phi) is 5.39. The van der Waals surface area contributed by atoms with Crippen molar-refractivity contribution in [3.63, 3.8) is 0 Å². The lowest BCUT2D eigenvalue weighted by Crippen LogP contribution is -2.36. The van der Waals surface area contributed by atoms with Gasteiger partial charge in [0.1, 0.15) is 5.82 Å². The normalized spacial score (nSPS) is 14.0. The van der Waals surface area contributed by atoms with Gasteiger partial charge in [-0.25, -0.2) is 4.98 Å². The molecule has 0 aliphatic carbocycles. The fourth-order valence-electron chi connectivity index (χ4n) is 3.34. The predicted molar refractivity (Wildman–Crippen MR) is 114 cm³/mol. The molecule has 28 heavy (non-hydrogen) atoms. The summed E-state index contributed by atoms with van der Waals surface area (Å²) in [6.45, 7) is 7.31. The van der Waals surface area contributed by atoms with Crippen molar-refractivity contribution in [1.29, 1.82) is 0 Å². The van der Waals surface area contributed by atoms with Crippen LogP contribution in [-0.4, -0.2) is 36.3 Å². The summed E-state index contributed by atoms with van der Waals surface area (Å²) in [6.07, 6.45) is 0. The Labute approximate surface area is 165 Å². The molecule has 6 heteroatoms. The molecule has 0 spiro atoms. The summed E-state index contributed by atoms with van der Waals surface area (Å²) in [5.41, 5.74) is 5.25. The largest absolute Gasteiger partial charge is 0.378 e. The van der Waals surface area contributed by atoms with Gasteiger partial charge in [0.05, 0.1) is 24.6 Å². The Morgan fingerprint density at radius 2 is 1.71 bits per heavy atom. The van der Waals surface area contributed by atoms with Gasteiger partial charge in [-0.05, 0) is 43.7 Å². The van der Waals surface area contributed by atoms with Crippen molar-refractivity contribution < 1.29 is 4.74 Å². The van der Waals surface area contributed by atoms with E-state index in [2.05, 4.69) is 62.8 Å². The summed E-state index contributed by atoms with van der Waals surface area (Å²) in [4.78, 5) is 11.6. The number of aromatic nitrogens is 2. The molecular formula is C22H25N5O. The number of rotatable bonds is 5. The monoisotopic (exact) mass is 375 g/mol. The average Bonchev–Trinajstić information content (AvgIpc) is 2.69. The SMILES string of the molecule is Cc1cccc(Nc2cc(C)nc(Nc3ccccc3N3CCOCC3)n2)c1. The maximum Gasteiger partial charge on any atom is 0.229 e. The summed E-state index contributed by atoms with van der Waals surface area (Å²) >= 11 is 0. The molecule has 1 saturated heterocycles. The minimum absolute atomic E-state index is 0.580. The van der Waals surface area contributed by atoms with Crippen molar-refractivity contribution >= 4 is 28.8 Å². The fourth-order valence-corrected chi connectivity index (χ4v) is 3.34. The van der Waals surface area contributed by atoms with Crippen molar-refractivity contribution in [3.8, 4) is 0 Å². The Bertz CT molecular complexity index is 953. The average molecular weight is 375 g/mol. The van der Waals surface area contributed by atoms with Crippen LogP contribution in [0.5, 0.6) is 0 Å². The van der Waals surface area contributed by atoms with Crippen LogP contribution >= 0.6 is 0 Å². The molecule has 0 atom stereocenters. The lowest BCUT2D eigenvalue weighted by molar-refractivity contribution is 0.123. The van der Waals surface area contributed by atoms with Gasteiger partial charge < -0.3 is 20.3 Å². The molecule has 4 rings (SSSR count). The summed E-state index contributed by atoms with van der Waals surface area (Å²) in [5, 5.41) is 6.78. The van der Waals surface area contributed by atoms with Crippen molar-refractivity contribution in [2.75, 3.05) is 41.8 Å². The molecule has 0 saturated carbocycles. The molecule has 1 fully saturated rings. The number of anilines is 5. The third kappa shape index (κ3) is 4.40. The third-order valence-electron chi connectivity index (χ3n) is 4.65. The molecule has 0 radical (unpaired) electrons. The summed E-state index contributed by atoms with van der Waals surface area (Å²) < 4.78 is 5.48. The molecule has 144 valence electrons. The van der Waals surface area contributed by atoms with Gasteiger partial charge in [0, 0.05) is 30.5 Å². The first-order valence-corrected chi connectivity index (χ1v) is 9.55. The topological polar surface area (TPSA) is 62.3 Å². The van der Waals surface area contributed by atoms with Gasteiger partial charge in [0.2, 0.25) is 5.95 Å². The van der Waals surface area contributed by atoms with Gasteiger partial charge in [-0.15, -0.1) is 0 Å². The minimum Gasteiger partial charge on any atom is -0.378 e. The maximum atomic E-state index is 5.48. The standard InChI is InChI=1S/C22H25N5O/c1-16-6-5-7-18(14-16)24-21-15-17(2)23-22(26-21)25-19-8-3-4-9-20(19)27-10-12-28-13-11-27/h3-9,14-15H,10-13H2,1-2H3,(H2,23,24,25,26). The molecule has 1 aliphatic heterocycles. The molecule has 3 aromatic rings. The number of nitrogens with zero attached hydrogens (tertiary/aromatic N) is 3. The first-order valence-electron chi connectivity index (χ1n) is 9.55. The highest BCUT2D eigenvalue weighted by Crippen LogP contribution is 2.29. The summed E-state index contributed by atoms with van der Waals surface area (Å²) in [7, 11) is 0. The molecular weight excluding hydrogens is 350 g/mol. The summed E-state index contributed by atoms with van der Waals surface area (Å²) in [6, 6.07) is 18.4. The van der Waals surface area contributed by atoms with Gasteiger partial charge in [0.15, 0.2) is 0 Å². The Hall–Kier alpha value is -3.12. The molecule has 0 amide bonds. The molecule has 2 aromatic carbocycles. The van der Waals surface area contributed by atoms with Crippen LogP contribution in [0.4, 0.5) is 28.8 Å². The highest BCUT2D eigenvalue weighted by Gasteiger charge is 2.15. The maximum absolute atomic E-state index is 5.48. The lowest BCUT2D eigenvalue weighted by Gasteiger charge is -2.30. The zero-order valence-electron chi connectivity index (χ0n) is 16.3. The second-order valence-corrected chi connectivity index (χ2v) is 6.95. The van der Waals surface area contributed by atoms with Crippen LogP contribution in [0.25, 0.3) is 0 Å². The van der Waals surface area contributed by atoms with Gasteiger partial charge >= 0.3 is 0 Å². The number of nitrogens with one attached hydrogen (secondary N) is 2. The molecule has 2 heterocycles. The first kappa shape index (κ1) is 18.3. The highest BCUT2D eigenvalue weighted by molar-refractivity contribution is 5.74. The molecule has 1 aliphatic rings. The van der Waals surface area contributed by atoms with Crippen LogP contribution in [0, 0.1) is 13.8 Å². The number of hydrogen-bond acceptors (Lipinski definition) is 6. The number of hydrogen-bond donors (Lipinski definition) is 2. The van der Waals surface area contributed by atoms with E-state index in [1.54, 1.807) is 0 Å². The van der Waals surface area contributed by atoms with Crippen LogP contribution in [0.2, 0.25) is 0 Å². The summed E-state index contributed by atoms with van der Waals surface area (Å²) in [5.74, 6) is 1.35. The molecule has 0 unspecified atom stereocenters. The number of aryl methyl sites for hydroxylation is 2. The van der Waals surface area contributed by atoms with E-state index >= 15 is 0 Å². The smallest absolute Gasteiger partial charge is 0.229 e. The fraction of sp³-hybridized carbons (Fsp3) is 0.273. The van der Waals surface area contributed by atoms with Crippen molar-refractivity contribution in [2.45, 2.75) is 13.8 Å². The van der Waals surface area contributed by atoms with E-state index < -0.39 is 0 Å². The lowest BCUT2D eigenvalue weighted by atomic mass is 10.2. The zero-order valence-corrected chi connectivity index (χ0v) is 16.3. The van der Waals surface area contributed by atoms with E-state index in [-0.39, 0.29) is 0 Å². The van der Waals surface area contributed by atoms with E-state index in [0.717, 1.165) is 54.9 Å². The van der Waals surface area contributed by atoms with Crippen LogP contribution < -0.4 is 15.5 Å². The Balaban J connectivity index is 1.58. The number of ether oxygens (including phenoxy) is 1. The van der Waals surface area contributed by atoms with Gasteiger partial charge in [0.25, 0.3) is 0 Å². The molecule has 0 bridgehead atoms. The van der Waals surface area contributed by atoms with Gasteiger partial charge in [-0.3, -0.25) is 0 Å². The van der Waals surface area contributed by atoms with Crippen molar-refractivity contribution in [1.82, 2.24) is 9.97 Å². The number of benzene rings is 2. The van der Waals surface area contributed by atoms with Gasteiger partial charge in [-0.1, -0.05) is 24.3 Å². The number of morpholine rings is 1. The van der Waals surface area contributed by atoms with E-state index in [1.807, 2.05) is 31.2 Å². The van der Waals surface area contributed by atoms with Crippen LogP contribution in [0.1, 0.15) is 11.3 Å². The second kappa shape index (κ2) is 8.27. The van der Waals surface area contributed by atoms with E-state index in [0.29, 0.717) is 5.95 Å². The van der Waals surface area contributed by atoms with E-state index in [4.69, 9.17) is 4.74 Å². The van der Waals surface area contributed by atoms with Crippen LogP contribution in [0.15, 0.2) is 54.6 Å². The predicted octanol–water partition coefficient (Wildman–Crippen LogP) is 4.42. The van der Waals surface area contributed by atoms with Crippen molar-refractivity contribution in [2.24, 2.45) is 0 Å². The van der Waals surface area contributed by atoms with Crippen LogP contribution in [-0.2, 0) is 4.74 Å². The Morgan fingerprint density at radius 1 is 0.893 bits per heavy atom. The zero-order chi connectivity index (χ0) is 19.3. The minimum atomic E-state index is 0.580. The van der Waals surface area contributed by atoms with Crippen LogP contribution in [0.3, 0.4) is 0 Å². The molecule has 1 aromatic heterocycles. The first-order chi connectivity index (χ1) is 13.7. The van der Waals surface area contributed by atoms with Crippen molar-refractivity contribution in [3.05, 3.63) is 65.9 Å². The third-order valence-corrected chi connectivity index (χ3v) is 4.65. The highest BCUT2D eigenvalue weighted by atomic mass is 16.5. The number of para-hydroxylation sites is 2. The molecule has 6 nitrogen and oxygen atoms in total. The quantitative estimate of drug-likeness (QED) is 0.688. The van der Waals surface area contributed by atoms with E-state index in [9.17, 15) is 0 Å². The molecule has 2 N–H and O–H groups in total. The second-order valence-electron chi connectivity index (χ2n) is 6.95. The van der Waals surface area contributed by atoms with Gasteiger partial charge in [-0.2, -0.15) is 4.98 Å². The Morgan fingerprint density at radius 3 is 2.54 bits per heavy atom. The van der Waals surface area contributed by atoms with E-state index in [1.165, 1.54) is 5.56 Å².